The van der Waals surface area contributed by atoms with Crippen LogP contribution in [0.3, 0.4) is 0 Å². The van der Waals surface area contributed by atoms with Gasteiger partial charge in [0.1, 0.15) is 17.9 Å². The third-order valence-corrected chi connectivity index (χ3v) is 5.22. The topological polar surface area (TPSA) is 95.1 Å². The Kier molecular flexibility index (Phi) is 4.97. The summed E-state index contributed by atoms with van der Waals surface area (Å²) in [7, 11) is 0. The van der Waals surface area contributed by atoms with E-state index in [9.17, 15) is 4.79 Å². The van der Waals surface area contributed by atoms with Crippen molar-refractivity contribution >= 4 is 45.0 Å². The van der Waals surface area contributed by atoms with Gasteiger partial charge < -0.3 is 10.3 Å². The molecule has 0 aliphatic rings. The first kappa shape index (κ1) is 18.4. The molecule has 1 amide bonds. The van der Waals surface area contributed by atoms with Gasteiger partial charge in [-0.2, -0.15) is 0 Å². The molecule has 0 unspecified atom stereocenters. The number of carbonyl (C=O) groups excluding carboxylic acids is 1. The highest BCUT2D eigenvalue weighted by Gasteiger charge is 2.18. The normalized spacial score (nSPS) is 11.5. The second-order valence-corrected chi connectivity index (χ2v) is 7.89. The number of hydroxylamine groups is 1. The van der Waals surface area contributed by atoms with Crippen LogP contribution in [0.15, 0.2) is 41.8 Å². The zero-order chi connectivity index (χ0) is 19.7. The number of aromatic nitrogens is 3. The molecular formula is C20H21N5O2S. The molecule has 4 aromatic rings. The van der Waals surface area contributed by atoms with E-state index in [1.807, 2.05) is 35.7 Å². The molecule has 0 aliphatic carbocycles. The largest absolute Gasteiger partial charge is 0.382 e. The number of hydrogen-bond acceptors (Lipinski definition) is 6. The average molecular weight is 395 g/mol. The zero-order valence-corrected chi connectivity index (χ0v) is 16.5. The number of rotatable bonds is 6. The fourth-order valence-electron chi connectivity index (χ4n) is 3.20. The lowest BCUT2D eigenvalue weighted by molar-refractivity contribution is 0.0202. The maximum atomic E-state index is 12.1. The molecule has 0 saturated carbocycles. The van der Waals surface area contributed by atoms with Gasteiger partial charge in [0.2, 0.25) is 0 Å². The predicted molar refractivity (Wildman–Crippen MR) is 111 cm³/mol. The number of nitrogens with zero attached hydrogens (tertiary/aromatic N) is 3. The number of hydrogen-bond donors (Lipinski definition) is 2. The van der Waals surface area contributed by atoms with E-state index in [4.69, 9.17) is 10.6 Å². The maximum Gasteiger partial charge on any atom is 0.284 e. The Morgan fingerprint density at radius 2 is 2.07 bits per heavy atom. The Morgan fingerprint density at radius 3 is 2.82 bits per heavy atom. The molecule has 3 N–H and O–H groups in total. The summed E-state index contributed by atoms with van der Waals surface area (Å²) in [6, 6.07) is 11.4. The molecule has 3 heterocycles. The van der Waals surface area contributed by atoms with E-state index in [0.29, 0.717) is 28.0 Å². The van der Waals surface area contributed by atoms with Crippen LogP contribution in [-0.2, 0) is 18.0 Å². The van der Waals surface area contributed by atoms with E-state index in [-0.39, 0.29) is 12.5 Å². The minimum absolute atomic E-state index is 0.131. The smallest absolute Gasteiger partial charge is 0.284 e. The van der Waals surface area contributed by atoms with Crippen molar-refractivity contribution in [3.8, 4) is 0 Å². The highest BCUT2D eigenvalue weighted by atomic mass is 32.1. The Bertz CT molecular complexity index is 1130. The lowest BCUT2D eigenvalue weighted by atomic mass is 10.1. The van der Waals surface area contributed by atoms with Gasteiger partial charge in [0.05, 0.1) is 15.9 Å². The monoisotopic (exact) mass is 395 g/mol. The van der Waals surface area contributed by atoms with E-state index in [1.165, 1.54) is 11.3 Å². The summed E-state index contributed by atoms with van der Waals surface area (Å²) in [6.45, 7) is 5.16. The summed E-state index contributed by atoms with van der Waals surface area (Å²) in [5.41, 5.74) is 11.1. The van der Waals surface area contributed by atoms with Crippen molar-refractivity contribution in [1.29, 1.82) is 0 Å². The lowest BCUT2D eigenvalue weighted by Gasteiger charge is -2.13. The summed E-state index contributed by atoms with van der Waals surface area (Å²) in [4.78, 5) is 27.3. The first-order valence-electron chi connectivity index (χ1n) is 9.03. The standard InChI is InChI=1S/C20H21N5O2S/c1-12(2)10-25-16(11-27-24-20(26)15-8-5-9-28-15)23-17-18(25)13-6-3-4-7-14(13)22-19(17)21/h3-9,12H,10-11H2,1-2H3,(H2,21,22)(H,24,26). The van der Waals surface area contributed by atoms with Gasteiger partial charge in [-0.15, -0.1) is 11.3 Å². The Balaban J connectivity index is 1.70. The molecule has 7 nitrogen and oxygen atoms in total. The van der Waals surface area contributed by atoms with Gasteiger partial charge in [-0.1, -0.05) is 38.1 Å². The Morgan fingerprint density at radius 1 is 1.25 bits per heavy atom. The second kappa shape index (κ2) is 7.57. The first-order valence-corrected chi connectivity index (χ1v) is 9.91. The van der Waals surface area contributed by atoms with Crippen LogP contribution in [0.1, 0.15) is 29.3 Å². The quantitative estimate of drug-likeness (QED) is 0.485. The second-order valence-electron chi connectivity index (χ2n) is 6.94. The molecule has 0 bridgehead atoms. The van der Waals surface area contributed by atoms with Gasteiger partial charge in [0.25, 0.3) is 5.91 Å². The van der Waals surface area contributed by atoms with Crippen LogP contribution in [-0.4, -0.2) is 20.4 Å². The molecule has 0 saturated heterocycles. The van der Waals surface area contributed by atoms with Crippen molar-refractivity contribution in [2.24, 2.45) is 5.92 Å². The number of thiophene rings is 1. The highest BCUT2D eigenvalue weighted by molar-refractivity contribution is 7.12. The molecule has 0 fully saturated rings. The predicted octanol–water partition coefficient (Wildman–Crippen LogP) is 3.75. The van der Waals surface area contributed by atoms with Gasteiger partial charge in [-0.05, 0) is 23.4 Å². The molecule has 0 spiro atoms. The van der Waals surface area contributed by atoms with Crippen LogP contribution in [0.4, 0.5) is 5.82 Å². The van der Waals surface area contributed by atoms with Gasteiger partial charge in [0, 0.05) is 11.9 Å². The number of imidazole rings is 1. The number of nitrogens with two attached hydrogens (primary N) is 1. The molecule has 28 heavy (non-hydrogen) atoms. The molecule has 8 heteroatoms. The number of anilines is 1. The number of benzene rings is 1. The number of amides is 1. The SMILES string of the molecule is CC(C)Cn1c(CONC(=O)c2cccs2)nc2c(N)nc3ccccc3c21. The van der Waals surface area contributed by atoms with Crippen LogP contribution in [0.25, 0.3) is 21.9 Å². The minimum Gasteiger partial charge on any atom is -0.382 e. The molecule has 4 rings (SSSR count). The third kappa shape index (κ3) is 3.44. The summed E-state index contributed by atoms with van der Waals surface area (Å²) in [5.74, 6) is 1.21. The van der Waals surface area contributed by atoms with Crippen molar-refractivity contribution in [2.75, 3.05) is 5.73 Å². The summed E-state index contributed by atoms with van der Waals surface area (Å²) >= 11 is 1.36. The van der Waals surface area contributed by atoms with E-state index in [2.05, 4.69) is 33.9 Å². The number of para-hydroxylation sites is 1. The van der Waals surface area contributed by atoms with Crippen molar-refractivity contribution in [1.82, 2.24) is 20.0 Å². The molecule has 1 aromatic carbocycles. The van der Waals surface area contributed by atoms with Gasteiger partial charge >= 0.3 is 0 Å². The average Bonchev–Trinajstić information content (AvgIpc) is 3.31. The highest BCUT2D eigenvalue weighted by Crippen LogP contribution is 2.29. The Labute approximate surface area is 166 Å². The van der Waals surface area contributed by atoms with Crippen molar-refractivity contribution in [2.45, 2.75) is 27.0 Å². The molecule has 0 radical (unpaired) electrons. The number of pyridine rings is 1. The third-order valence-electron chi connectivity index (χ3n) is 4.35. The number of carbonyl (C=O) groups is 1. The van der Waals surface area contributed by atoms with E-state index in [1.54, 1.807) is 6.07 Å². The van der Waals surface area contributed by atoms with Crippen molar-refractivity contribution < 1.29 is 9.63 Å². The molecule has 0 aliphatic heterocycles. The Hall–Kier alpha value is -2.97. The van der Waals surface area contributed by atoms with Crippen LogP contribution < -0.4 is 11.2 Å². The van der Waals surface area contributed by atoms with Gasteiger partial charge in [-0.3, -0.25) is 9.63 Å². The van der Waals surface area contributed by atoms with E-state index in [0.717, 1.165) is 23.0 Å². The zero-order valence-electron chi connectivity index (χ0n) is 15.7. The minimum atomic E-state index is -0.270. The fraction of sp³-hybridized carbons (Fsp3) is 0.250. The van der Waals surface area contributed by atoms with Crippen LogP contribution in [0, 0.1) is 5.92 Å². The van der Waals surface area contributed by atoms with Crippen molar-refractivity contribution in [3.05, 3.63) is 52.5 Å². The van der Waals surface area contributed by atoms with E-state index >= 15 is 0 Å². The first-order chi connectivity index (χ1) is 13.5. The van der Waals surface area contributed by atoms with E-state index < -0.39 is 0 Å². The van der Waals surface area contributed by atoms with Crippen LogP contribution >= 0.6 is 11.3 Å². The lowest BCUT2D eigenvalue weighted by Crippen LogP contribution is -2.23. The molecule has 0 atom stereocenters. The number of fused-ring (bicyclic) bond motifs is 3. The summed E-state index contributed by atoms with van der Waals surface area (Å²) < 4.78 is 2.11. The molecule has 144 valence electrons. The van der Waals surface area contributed by atoms with Crippen LogP contribution in [0.5, 0.6) is 0 Å². The molecular weight excluding hydrogens is 374 g/mol. The van der Waals surface area contributed by atoms with Crippen molar-refractivity contribution in [3.63, 3.8) is 0 Å². The van der Waals surface area contributed by atoms with Gasteiger partial charge in [-0.25, -0.2) is 15.4 Å². The summed E-state index contributed by atoms with van der Waals surface area (Å²) in [6.07, 6.45) is 0. The van der Waals surface area contributed by atoms with Crippen LogP contribution in [0.2, 0.25) is 0 Å². The maximum absolute atomic E-state index is 12.1. The number of nitrogens with one attached hydrogen (secondary N) is 1. The fourth-order valence-corrected chi connectivity index (χ4v) is 3.81. The summed E-state index contributed by atoms with van der Waals surface area (Å²) in [5, 5.41) is 2.84. The molecule has 3 aromatic heterocycles. The number of nitrogen functional groups attached to an aromatic ring is 1. The van der Waals surface area contributed by atoms with Gasteiger partial charge in [0.15, 0.2) is 5.82 Å².